The van der Waals surface area contributed by atoms with Crippen LogP contribution in [0.25, 0.3) is 16.8 Å². The Hall–Kier alpha value is -2.57. The molecule has 0 atom stereocenters. The van der Waals surface area contributed by atoms with E-state index < -0.39 is 0 Å². The molecule has 0 amide bonds. The molecule has 2 heterocycles. The molecule has 0 spiro atoms. The monoisotopic (exact) mass is 382 g/mol. The molecule has 0 unspecified atom stereocenters. The van der Waals surface area contributed by atoms with Crippen molar-refractivity contribution in [2.24, 2.45) is 0 Å². The highest BCUT2D eigenvalue weighted by atomic mass is 35.5. The summed E-state index contributed by atoms with van der Waals surface area (Å²) in [6, 6.07) is 17.5. The third-order valence-corrected chi connectivity index (χ3v) is 5.16. The average molecular weight is 383 g/mol. The van der Waals surface area contributed by atoms with Gasteiger partial charge in [0.15, 0.2) is 10.8 Å². The third-order valence-electron chi connectivity index (χ3n) is 3.98. The maximum Gasteiger partial charge on any atom is 0.350 e. The fourth-order valence-corrected chi connectivity index (χ4v) is 3.82. The summed E-state index contributed by atoms with van der Waals surface area (Å²) in [5.74, 6) is 0.660. The van der Waals surface area contributed by atoms with Crippen LogP contribution < -0.4 is 5.69 Å². The lowest BCUT2D eigenvalue weighted by molar-refractivity contribution is 0.780. The van der Waals surface area contributed by atoms with Gasteiger partial charge in [-0.25, -0.2) is 9.78 Å². The van der Waals surface area contributed by atoms with Gasteiger partial charge >= 0.3 is 5.69 Å². The zero-order chi connectivity index (χ0) is 18.1. The van der Waals surface area contributed by atoms with E-state index in [4.69, 9.17) is 11.6 Å². The molecule has 4 rings (SSSR count). The van der Waals surface area contributed by atoms with Crippen molar-refractivity contribution in [1.29, 1.82) is 0 Å². The summed E-state index contributed by atoms with van der Waals surface area (Å²) in [5.41, 5.74) is 3.97. The first-order valence-electron chi connectivity index (χ1n) is 8.04. The van der Waals surface area contributed by atoms with Gasteiger partial charge in [0.05, 0.1) is 5.69 Å². The second-order valence-corrected chi connectivity index (χ2v) is 7.23. The van der Waals surface area contributed by atoms with Crippen LogP contribution in [0.3, 0.4) is 0 Å². The van der Waals surface area contributed by atoms with Crippen LogP contribution in [-0.4, -0.2) is 19.6 Å². The minimum absolute atomic E-state index is 0.297. The zero-order valence-electron chi connectivity index (χ0n) is 13.9. The van der Waals surface area contributed by atoms with Gasteiger partial charge in [0.2, 0.25) is 0 Å². The maximum absolute atomic E-state index is 12.4. The molecule has 0 bridgehead atoms. The Bertz CT molecular complexity index is 1140. The van der Waals surface area contributed by atoms with Crippen molar-refractivity contribution >= 4 is 29.0 Å². The number of hydrogen-bond acceptors (Lipinski definition) is 4. The largest absolute Gasteiger partial charge is 0.350 e. The van der Waals surface area contributed by atoms with Crippen molar-refractivity contribution in [3.8, 4) is 11.1 Å². The minimum Gasteiger partial charge on any atom is -0.285 e. The molecule has 0 aliphatic rings. The van der Waals surface area contributed by atoms with Crippen molar-refractivity contribution in [2.45, 2.75) is 17.8 Å². The first kappa shape index (κ1) is 16.9. The number of nitrogens with zero attached hydrogens (tertiary/aromatic N) is 3. The second kappa shape index (κ2) is 6.97. The van der Waals surface area contributed by atoms with Crippen LogP contribution in [-0.2, 0) is 5.75 Å². The van der Waals surface area contributed by atoms with E-state index in [1.165, 1.54) is 16.3 Å². The average Bonchev–Trinajstić information content (AvgIpc) is 2.97. The fourth-order valence-electron chi connectivity index (χ4n) is 2.82. The van der Waals surface area contributed by atoms with Crippen LogP contribution in [0, 0.1) is 6.92 Å². The van der Waals surface area contributed by atoms with E-state index in [-0.39, 0.29) is 5.69 Å². The third kappa shape index (κ3) is 3.25. The van der Waals surface area contributed by atoms with Gasteiger partial charge in [0, 0.05) is 16.3 Å². The van der Waals surface area contributed by atoms with Crippen LogP contribution >= 0.6 is 23.4 Å². The highest BCUT2D eigenvalue weighted by molar-refractivity contribution is 7.98. The van der Waals surface area contributed by atoms with Crippen LogP contribution in [0.5, 0.6) is 0 Å². The standard InChI is InChI=1S/C19H15ClN4OS/c1-12-16(14-7-3-2-4-8-14)17-21-18(22-19(25)24(17)23-12)26-11-13-6-5-9-15(20)10-13/h2-10H,11H2,1H3,(H,21,22,25). The molecule has 26 heavy (non-hydrogen) atoms. The van der Waals surface area contributed by atoms with Gasteiger partial charge in [0.25, 0.3) is 0 Å². The Labute approximate surface area is 159 Å². The normalized spacial score (nSPS) is 11.2. The Morgan fingerprint density at radius 1 is 1.15 bits per heavy atom. The highest BCUT2D eigenvalue weighted by Crippen LogP contribution is 2.27. The van der Waals surface area contributed by atoms with Crippen LogP contribution in [0.2, 0.25) is 5.02 Å². The van der Waals surface area contributed by atoms with Gasteiger partial charge in [0.1, 0.15) is 0 Å². The predicted molar refractivity (Wildman–Crippen MR) is 105 cm³/mol. The van der Waals surface area contributed by atoms with Gasteiger partial charge in [-0.15, -0.1) is 0 Å². The summed E-state index contributed by atoms with van der Waals surface area (Å²) in [6.07, 6.45) is 0. The number of aromatic amines is 1. The molecule has 0 saturated heterocycles. The van der Waals surface area contributed by atoms with Gasteiger partial charge in [-0.05, 0) is 30.2 Å². The Morgan fingerprint density at radius 3 is 2.73 bits per heavy atom. The molecule has 1 N–H and O–H groups in total. The molecule has 7 heteroatoms. The molecule has 0 saturated carbocycles. The smallest absolute Gasteiger partial charge is 0.285 e. The van der Waals surface area contributed by atoms with Crippen molar-refractivity contribution in [2.75, 3.05) is 0 Å². The molecule has 4 aromatic rings. The van der Waals surface area contributed by atoms with Gasteiger partial charge in [-0.3, -0.25) is 4.98 Å². The quantitative estimate of drug-likeness (QED) is 0.533. The van der Waals surface area contributed by atoms with Gasteiger partial charge in [-0.2, -0.15) is 9.61 Å². The summed E-state index contributed by atoms with van der Waals surface area (Å²) in [7, 11) is 0. The minimum atomic E-state index is -0.297. The maximum atomic E-state index is 12.4. The molecule has 0 radical (unpaired) electrons. The summed E-state index contributed by atoms with van der Waals surface area (Å²) in [4.78, 5) is 19.9. The number of fused-ring (bicyclic) bond motifs is 1. The Kier molecular flexibility index (Phi) is 4.53. The lowest BCUT2D eigenvalue weighted by atomic mass is 10.1. The second-order valence-electron chi connectivity index (χ2n) is 5.83. The van der Waals surface area contributed by atoms with E-state index in [1.807, 2.05) is 61.5 Å². The molecule has 0 aliphatic heterocycles. The lowest BCUT2D eigenvalue weighted by Crippen LogP contribution is -2.19. The summed E-state index contributed by atoms with van der Waals surface area (Å²) < 4.78 is 1.32. The van der Waals surface area contributed by atoms with E-state index in [9.17, 15) is 4.79 Å². The number of rotatable bonds is 4. The molecule has 2 aromatic carbocycles. The number of benzene rings is 2. The number of thioether (sulfide) groups is 1. The summed E-state index contributed by atoms with van der Waals surface area (Å²) >= 11 is 7.48. The summed E-state index contributed by atoms with van der Waals surface area (Å²) in [5, 5.41) is 5.59. The molecule has 5 nitrogen and oxygen atoms in total. The summed E-state index contributed by atoms with van der Waals surface area (Å²) in [6.45, 7) is 1.88. The van der Waals surface area contributed by atoms with Crippen molar-refractivity contribution in [1.82, 2.24) is 19.6 Å². The predicted octanol–water partition coefficient (Wildman–Crippen LogP) is 4.34. The lowest BCUT2D eigenvalue weighted by Gasteiger charge is -2.04. The molecular weight excluding hydrogens is 368 g/mol. The number of halogens is 1. The Balaban J connectivity index is 1.74. The SMILES string of the molecule is Cc1nn2c(=O)[nH]c(SCc3cccc(Cl)c3)nc2c1-c1ccccc1. The molecule has 0 fully saturated rings. The van der Waals surface area contributed by atoms with E-state index in [1.54, 1.807) is 0 Å². The number of hydrogen-bond donors (Lipinski definition) is 1. The first-order chi connectivity index (χ1) is 12.6. The number of H-pyrrole nitrogens is 1. The van der Waals surface area contributed by atoms with Crippen molar-refractivity contribution < 1.29 is 0 Å². The van der Waals surface area contributed by atoms with E-state index in [2.05, 4.69) is 15.1 Å². The van der Waals surface area contributed by atoms with Crippen LogP contribution in [0.15, 0.2) is 64.5 Å². The van der Waals surface area contributed by atoms with Crippen molar-refractivity contribution in [3.05, 3.63) is 81.4 Å². The van der Waals surface area contributed by atoms with Gasteiger partial charge < -0.3 is 0 Å². The molecule has 130 valence electrons. The molecule has 2 aromatic heterocycles. The highest BCUT2D eigenvalue weighted by Gasteiger charge is 2.16. The fraction of sp³-hybridized carbons (Fsp3) is 0.105. The first-order valence-corrected chi connectivity index (χ1v) is 9.40. The zero-order valence-corrected chi connectivity index (χ0v) is 15.5. The number of nitrogens with one attached hydrogen (secondary N) is 1. The van der Waals surface area contributed by atoms with Crippen LogP contribution in [0.1, 0.15) is 11.3 Å². The molecular formula is C19H15ClN4OS. The van der Waals surface area contributed by atoms with Gasteiger partial charge in [-0.1, -0.05) is 65.8 Å². The Morgan fingerprint density at radius 2 is 1.96 bits per heavy atom. The van der Waals surface area contributed by atoms with E-state index >= 15 is 0 Å². The number of aromatic nitrogens is 4. The van der Waals surface area contributed by atoms with Crippen LogP contribution in [0.4, 0.5) is 0 Å². The van der Waals surface area contributed by atoms with E-state index in [0.29, 0.717) is 21.6 Å². The number of aryl methyl sites for hydroxylation is 1. The molecule has 0 aliphatic carbocycles. The van der Waals surface area contributed by atoms with Crippen molar-refractivity contribution in [3.63, 3.8) is 0 Å². The topological polar surface area (TPSA) is 63.1 Å². The van der Waals surface area contributed by atoms with E-state index in [0.717, 1.165) is 22.4 Å².